The molecule has 0 spiro atoms. The molecule has 3 aromatic carbocycles. The van der Waals surface area contributed by atoms with E-state index >= 15 is 0 Å². The van der Waals surface area contributed by atoms with Crippen LogP contribution in [-0.2, 0) is 9.47 Å². The summed E-state index contributed by atoms with van der Waals surface area (Å²) in [6.07, 6.45) is 0. The van der Waals surface area contributed by atoms with Crippen molar-refractivity contribution >= 4 is 34.9 Å². The summed E-state index contributed by atoms with van der Waals surface area (Å²) in [7, 11) is 2.47. The highest BCUT2D eigenvalue weighted by Gasteiger charge is 2.34. The number of esters is 2. The molecular formula is C24H17NO6. The second-order valence-electron chi connectivity index (χ2n) is 6.77. The Morgan fingerprint density at radius 1 is 0.677 bits per heavy atom. The number of benzene rings is 3. The number of rotatable bonds is 4. The topological polar surface area (TPSA) is 98.8 Å². The average molecular weight is 415 g/mol. The zero-order chi connectivity index (χ0) is 22.1. The molecule has 7 heteroatoms. The zero-order valence-corrected chi connectivity index (χ0v) is 16.7. The molecule has 0 fully saturated rings. The van der Waals surface area contributed by atoms with Gasteiger partial charge in [-0.2, -0.15) is 0 Å². The van der Waals surface area contributed by atoms with E-state index in [1.165, 1.54) is 26.4 Å². The molecule has 0 heterocycles. The fraction of sp³-hybridized carbons (Fsp3) is 0.0833. The van der Waals surface area contributed by atoms with Gasteiger partial charge in [-0.15, -0.1) is 0 Å². The van der Waals surface area contributed by atoms with Crippen LogP contribution in [-0.4, -0.2) is 37.7 Å². The molecule has 0 amide bonds. The maximum atomic E-state index is 13.4. The summed E-state index contributed by atoms with van der Waals surface area (Å²) in [6.45, 7) is 0. The van der Waals surface area contributed by atoms with Crippen LogP contribution in [0.2, 0.25) is 0 Å². The molecule has 0 radical (unpaired) electrons. The summed E-state index contributed by atoms with van der Waals surface area (Å²) in [6, 6.07) is 15.9. The van der Waals surface area contributed by atoms with Crippen LogP contribution in [0, 0.1) is 0 Å². The highest BCUT2D eigenvalue weighted by atomic mass is 16.5. The number of fused-ring (bicyclic) bond motifs is 2. The van der Waals surface area contributed by atoms with Crippen LogP contribution in [0.1, 0.15) is 52.6 Å². The summed E-state index contributed by atoms with van der Waals surface area (Å²) in [5, 5.41) is 3.01. The van der Waals surface area contributed by atoms with Crippen molar-refractivity contribution in [2.24, 2.45) is 0 Å². The molecule has 7 nitrogen and oxygen atoms in total. The summed E-state index contributed by atoms with van der Waals surface area (Å²) >= 11 is 0. The van der Waals surface area contributed by atoms with Crippen molar-refractivity contribution in [2.45, 2.75) is 0 Å². The number of methoxy groups -OCH3 is 2. The van der Waals surface area contributed by atoms with E-state index in [1.807, 2.05) is 0 Å². The predicted molar refractivity (Wildman–Crippen MR) is 112 cm³/mol. The molecule has 0 bridgehead atoms. The van der Waals surface area contributed by atoms with Gasteiger partial charge in [0.1, 0.15) is 0 Å². The Kier molecular flexibility index (Phi) is 5.09. The molecule has 0 aromatic heterocycles. The van der Waals surface area contributed by atoms with Crippen LogP contribution in [0.15, 0.2) is 60.7 Å². The minimum absolute atomic E-state index is 0.0475. The standard InChI is InChI=1S/C24H17NO6/c1-30-23(28)15-9-5-6-10-18(15)25-20-17(24(29)31-2)12-11-16-19(20)22(27)14-8-4-3-7-13(14)21(16)26/h3-12,25H,1-2H3. The first kappa shape index (κ1) is 20.0. The van der Waals surface area contributed by atoms with Crippen LogP contribution in [0.5, 0.6) is 0 Å². The molecule has 31 heavy (non-hydrogen) atoms. The highest BCUT2D eigenvalue weighted by molar-refractivity contribution is 6.31. The SMILES string of the molecule is COC(=O)c1ccccc1Nc1c(C(=O)OC)ccc2c1C(=O)c1ccccc1C2=O. The molecule has 1 aliphatic carbocycles. The molecular weight excluding hydrogens is 398 g/mol. The molecule has 4 rings (SSSR count). The number of nitrogens with one attached hydrogen (secondary N) is 1. The molecule has 0 aliphatic heterocycles. The van der Waals surface area contributed by atoms with E-state index in [0.717, 1.165) is 0 Å². The number of hydrogen-bond donors (Lipinski definition) is 1. The largest absolute Gasteiger partial charge is 0.465 e. The van der Waals surface area contributed by atoms with Gasteiger partial charge >= 0.3 is 11.9 Å². The molecule has 0 saturated carbocycles. The number of para-hydroxylation sites is 1. The third-order valence-corrected chi connectivity index (χ3v) is 5.09. The Hall–Kier alpha value is -4.26. The number of hydrogen-bond acceptors (Lipinski definition) is 7. The van der Waals surface area contributed by atoms with E-state index < -0.39 is 17.7 Å². The first-order chi connectivity index (χ1) is 15.0. The average Bonchev–Trinajstić information content (AvgIpc) is 2.81. The van der Waals surface area contributed by atoms with Crippen molar-refractivity contribution in [1.29, 1.82) is 0 Å². The van der Waals surface area contributed by atoms with Gasteiger partial charge in [0.25, 0.3) is 0 Å². The lowest BCUT2D eigenvalue weighted by molar-refractivity contribution is 0.0593. The lowest BCUT2D eigenvalue weighted by atomic mass is 9.82. The van der Waals surface area contributed by atoms with E-state index in [1.54, 1.807) is 48.5 Å². The van der Waals surface area contributed by atoms with Crippen LogP contribution >= 0.6 is 0 Å². The Labute approximate surface area is 177 Å². The molecule has 1 aliphatic rings. The lowest BCUT2D eigenvalue weighted by Gasteiger charge is -2.23. The van der Waals surface area contributed by atoms with E-state index in [0.29, 0.717) is 11.3 Å². The highest BCUT2D eigenvalue weighted by Crippen LogP contribution is 2.36. The lowest BCUT2D eigenvalue weighted by Crippen LogP contribution is -2.24. The van der Waals surface area contributed by atoms with Crippen LogP contribution in [0.25, 0.3) is 0 Å². The Morgan fingerprint density at radius 3 is 1.94 bits per heavy atom. The second-order valence-corrected chi connectivity index (χ2v) is 6.77. The first-order valence-corrected chi connectivity index (χ1v) is 9.36. The van der Waals surface area contributed by atoms with Gasteiger partial charge in [-0.3, -0.25) is 9.59 Å². The maximum absolute atomic E-state index is 13.4. The van der Waals surface area contributed by atoms with Crippen molar-refractivity contribution in [3.63, 3.8) is 0 Å². The van der Waals surface area contributed by atoms with Gasteiger partial charge < -0.3 is 14.8 Å². The minimum Gasteiger partial charge on any atom is -0.465 e. The van der Waals surface area contributed by atoms with Gasteiger partial charge in [0.15, 0.2) is 11.6 Å². The number of carbonyl (C=O) groups excluding carboxylic acids is 4. The van der Waals surface area contributed by atoms with Gasteiger partial charge in [-0.1, -0.05) is 36.4 Å². The van der Waals surface area contributed by atoms with Crippen LogP contribution in [0.4, 0.5) is 11.4 Å². The Balaban J connectivity index is 1.96. The van der Waals surface area contributed by atoms with E-state index in [4.69, 9.17) is 9.47 Å². The van der Waals surface area contributed by atoms with Crippen molar-refractivity contribution in [3.05, 3.63) is 94.0 Å². The Morgan fingerprint density at radius 2 is 1.26 bits per heavy atom. The minimum atomic E-state index is -0.694. The summed E-state index contributed by atoms with van der Waals surface area (Å²) in [5.41, 5.74) is 1.41. The first-order valence-electron chi connectivity index (χ1n) is 9.36. The maximum Gasteiger partial charge on any atom is 0.339 e. The monoisotopic (exact) mass is 415 g/mol. The predicted octanol–water partition coefficient (Wildman–Crippen LogP) is 3.78. The quantitative estimate of drug-likeness (QED) is 0.507. The smallest absolute Gasteiger partial charge is 0.339 e. The van der Waals surface area contributed by atoms with Crippen molar-refractivity contribution in [2.75, 3.05) is 19.5 Å². The van der Waals surface area contributed by atoms with Crippen LogP contribution < -0.4 is 5.32 Å². The fourth-order valence-corrected chi connectivity index (χ4v) is 3.61. The molecule has 0 saturated heterocycles. The molecule has 1 N–H and O–H groups in total. The molecule has 154 valence electrons. The fourth-order valence-electron chi connectivity index (χ4n) is 3.61. The van der Waals surface area contributed by atoms with Gasteiger partial charge in [0.2, 0.25) is 0 Å². The normalized spacial score (nSPS) is 11.9. The molecule has 0 unspecified atom stereocenters. The Bertz CT molecular complexity index is 1260. The van der Waals surface area contributed by atoms with E-state index in [9.17, 15) is 19.2 Å². The van der Waals surface area contributed by atoms with Gasteiger partial charge in [0.05, 0.1) is 42.3 Å². The van der Waals surface area contributed by atoms with Crippen LogP contribution in [0.3, 0.4) is 0 Å². The van der Waals surface area contributed by atoms with Gasteiger partial charge in [0, 0.05) is 16.7 Å². The number of carbonyl (C=O) groups is 4. The van der Waals surface area contributed by atoms with Gasteiger partial charge in [-0.25, -0.2) is 9.59 Å². The molecule has 0 atom stereocenters. The number of ketones is 2. The third kappa shape index (κ3) is 3.26. The van der Waals surface area contributed by atoms with E-state index in [2.05, 4.69) is 5.32 Å². The summed E-state index contributed by atoms with van der Waals surface area (Å²) in [5.74, 6) is -2.03. The second kappa shape index (κ2) is 7.87. The van der Waals surface area contributed by atoms with Crippen molar-refractivity contribution in [3.8, 4) is 0 Å². The van der Waals surface area contributed by atoms with Crippen molar-refractivity contribution < 1.29 is 28.7 Å². The number of anilines is 2. The van der Waals surface area contributed by atoms with Gasteiger partial charge in [-0.05, 0) is 24.3 Å². The third-order valence-electron chi connectivity index (χ3n) is 5.09. The molecule has 3 aromatic rings. The summed E-state index contributed by atoms with van der Waals surface area (Å²) < 4.78 is 9.69. The zero-order valence-electron chi connectivity index (χ0n) is 16.7. The number of ether oxygens (including phenoxy) is 2. The van der Waals surface area contributed by atoms with E-state index in [-0.39, 0.29) is 39.3 Å². The van der Waals surface area contributed by atoms with Crippen molar-refractivity contribution in [1.82, 2.24) is 0 Å². The summed E-state index contributed by atoms with van der Waals surface area (Å²) in [4.78, 5) is 51.1.